The molecule has 318 valence electrons. The Kier molecular flexibility index (Phi) is 8.79. The molecular formula is C57H50N6OSi. The summed E-state index contributed by atoms with van der Waals surface area (Å²) in [5.74, 6) is 3.16. The van der Waals surface area contributed by atoms with E-state index in [0.717, 1.165) is 39.0 Å². The van der Waals surface area contributed by atoms with E-state index in [4.69, 9.17) is 13.8 Å². The zero-order valence-corrected chi connectivity index (χ0v) is 38.1. The van der Waals surface area contributed by atoms with Gasteiger partial charge in [0.25, 0.3) is 0 Å². The summed E-state index contributed by atoms with van der Waals surface area (Å²) in [4.78, 5) is 8.98. The zero-order chi connectivity index (χ0) is 47.0. The summed E-state index contributed by atoms with van der Waals surface area (Å²) in [5, 5.41) is 7.13. The van der Waals surface area contributed by atoms with Crippen molar-refractivity contribution in [2.45, 2.75) is 26.2 Å². The van der Waals surface area contributed by atoms with Crippen LogP contribution < -0.4 is 39.9 Å². The number of imidazole rings is 1. The molecule has 3 aromatic heterocycles. The lowest BCUT2D eigenvalue weighted by Crippen LogP contribution is -2.77. The monoisotopic (exact) mass is 865 g/mol. The van der Waals surface area contributed by atoms with Crippen molar-refractivity contribution in [3.05, 3.63) is 206 Å². The molecule has 0 N–H and O–H groups in total. The third-order valence-electron chi connectivity index (χ3n) is 12.8. The lowest BCUT2D eigenvalue weighted by Gasteiger charge is -2.46. The number of benzene rings is 7. The lowest BCUT2D eigenvalue weighted by atomic mass is 9.88. The second kappa shape index (κ2) is 15.5. The van der Waals surface area contributed by atoms with Crippen molar-refractivity contribution in [1.29, 1.82) is 0 Å². The molecule has 0 saturated heterocycles. The number of aromatic nitrogens is 4. The number of para-hydroxylation sites is 3. The molecule has 0 fully saturated rings. The van der Waals surface area contributed by atoms with Gasteiger partial charge in [0.05, 0.1) is 15.1 Å². The van der Waals surface area contributed by atoms with Gasteiger partial charge in [-0.25, -0.2) is 4.98 Å². The maximum absolute atomic E-state index is 8.87. The maximum atomic E-state index is 8.87. The van der Waals surface area contributed by atoms with Gasteiger partial charge in [-0.05, 0) is 86.3 Å². The number of hydrogen-bond donors (Lipinski definition) is 0. The molecule has 0 unspecified atom stereocenters. The van der Waals surface area contributed by atoms with Gasteiger partial charge in [0.2, 0.25) is 0 Å². The third kappa shape index (κ3) is 6.46. The van der Waals surface area contributed by atoms with Crippen LogP contribution in [0.3, 0.4) is 0 Å². The van der Waals surface area contributed by atoms with Crippen molar-refractivity contribution < 1.29 is 13.4 Å². The molecular weight excluding hydrogens is 813 g/mol. The minimum atomic E-state index is -2.96. The van der Waals surface area contributed by atoms with Gasteiger partial charge in [-0.3, -0.25) is 4.57 Å². The maximum Gasteiger partial charge on any atom is 0.183 e. The fourth-order valence-electron chi connectivity index (χ4n) is 9.90. The van der Waals surface area contributed by atoms with Crippen molar-refractivity contribution in [2.75, 3.05) is 23.9 Å². The Balaban J connectivity index is 1.09. The quantitative estimate of drug-likeness (QED) is 0.0868. The van der Waals surface area contributed by atoms with E-state index in [1.165, 1.54) is 30.9 Å². The molecule has 0 spiro atoms. The van der Waals surface area contributed by atoms with E-state index in [1.807, 2.05) is 60.1 Å². The van der Waals surface area contributed by atoms with Crippen molar-refractivity contribution in [1.82, 2.24) is 14.1 Å². The highest BCUT2D eigenvalue weighted by Crippen LogP contribution is 2.43. The second-order valence-electron chi connectivity index (χ2n) is 17.9. The van der Waals surface area contributed by atoms with Crippen molar-refractivity contribution in [3.8, 4) is 23.0 Å². The molecule has 0 saturated carbocycles. The van der Waals surface area contributed by atoms with E-state index >= 15 is 0 Å². The van der Waals surface area contributed by atoms with Crippen molar-refractivity contribution in [2.24, 2.45) is 6.98 Å². The summed E-state index contributed by atoms with van der Waals surface area (Å²) in [6.07, 6.45) is 5.22. The molecule has 1 aliphatic heterocycles. The van der Waals surface area contributed by atoms with E-state index in [-0.39, 0.29) is 5.41 Å². The Morgan fingerprint density at radius 1 is 0.631 bits per heavy atom. The molecule has 0 bridgehead atoms. The van der Waals surface area contributed by atoms with Gasteiger partial charge in [0.1, 0.15) is 23.1 Å². The fraction of sp³-hybridized carbons (Fsp3) is 0.123. The van der Waals surface area contributed by atoms with Crippen LogP contribution in [-0.4, -0.2) is 36.3 Å². The molecule has 7 aromatic carbocycles. The molecule has 11 rings (SSSR count). The first kappa shape index (κ1) is 36.8. The molecule has 0 aliphatic carbocycles. The van der Waals surface area contributed by atoms with Gasteiger partial charge in [-0.1, -0.05) is 148 Å². The van der Waals surface area contributed by atoms with Crippen LogP contribution >= 0.6 is 0 Å². The minimum absolute atomic E-state index is 0.0553. The normalized spacial score (nSPS) is 14.0. The summed E-state index contributed by atoms with van der Waals surface area (Å²) in [7, 11) is 0.813. The van der Waals surface area contributed by atoms with Gasteiger partial charge in [0, 0.05) is 61.2 Å². The van der Waals surface area contributed by atoms with Crippen LogP contribution in [0.5, 0.6) is 11.5 Å². The average molecular weight is 866 g/mol. The standard InChI is InChI=1S/C57H50N6OSi/c1-57(2,3)40-34-35-58-54(36-40)62-48-27-14-13-26-46(48)47-33-32-43(38-51(47)62)64-42-21-19-20-41(37-42)61-39-60(6)55(59(4)5)56(61)63-49-28-15-17-30-52(49)65(44-22-9-7-10-23-44,45-24-11-8-12-25-45)53-31-18-16-29-50(53)63/h7-38H,1-6H3/i6D3. The highest BCUT2D eigenvalue weighted by Gasteiger charge is 2.49. The van der Waals surface area contributed by atoms with Crippen LogP contribution in [0.25, 0.3) is 33.3 Å². The van der Waals surface area contributed by atoms with Gasteiger partial charge >= 0.3 is 0 Å². The largest absolute Gasteiger partial charge is 0.458 e. The molecule has 0 atom stereocenters. The lowest BCUT2D eigenvalue weighted by molar-refractivity contribution is -0.662. The van der Waals surface area contributed by atoms with Gasteiger partial charge in [0.15, 0.2) is 20.2 Å². The van der Waals surface area contributed by atoms with Crippen LogP contribution in [0.15, 0.2) is 194 Å². The van der Waals surface area contributed by atoms with E-state index in [9.17, 15) is 0 Å². The number of nitrogens with zero attached hydrogens (tertiary/aromatic N) is 6. The second-order valence-corrected chi connectivity index (χ2v) is 21.7. The van der Waals surface area contributed by atoms with Crippen LogP contribution in [-0.2, 0) is 12.4 Å². The summed E-state index contributed by atoms with van der Waals surface area (Å²) >= 11 is 0. The number of rotatable bonds is 8. The molecule has 0 radical (unpaired) electrons. The fourth-order valence-corrected chi connectivity index (χ4v) is 15.0. The van der Waals surface area contributed by atoms with Crippen LogP contribution in [0.2, 0.25) is 0 Å². The molecule has 4 heterocycles. The van der Waals surface area contributed by atoms with Gasteiger partial charge in [-0.15, -0.1) is 0 Å². The number of anilines is 4. The first-order valence-corrected chi connectivity index (χ1v) is 24.0. The SMILES string of the molecule is [2H]C([2H])([2H])[n+]1[c-]n(-c2cccc(Oc3ccc4c5ccccc5n(-c5cc(C(C)(C)C)ccn5)c4c3)c2)c(N2c3ccccc3[Si](c3ccccc3)(c3ccccc3)c3ccccc32)c1N(C)C. The van der Waals surface area contributed by atoms with Crippen LogP contribution in [0.4, 0.5) is 23.0 Å². The van der Waals surface area contributed by atoms with Crippen LogP contribution in [0.1, 0.15) is 30.4 Å². The third-order valence-corrected chi connectivity index (χ3v) is 17.6. The van der Waals surface area contributed by atoms with E-state index in [0.29, 0.717) is 28.8 Å². The van der Waals surface area contributed by atoms with E-state index in [2.05, 4.69) is 194 Å². The minimum Gasteiger partial charge on any atom is -0.458 e. The predicted octanol–water partition coefficient (Wildman–Crippen LogP) is 9.91. The number of aryl methyl sites for hydroxylation is 1. The molecule has 10 aromatic rings. The average Bonchev–Trinajstić information content (AvgIpc) is 3.91. The Bertz CT molecular complexity index is 3430. The highest BCUT2D eigenvalue weighted by atomic mass is 28.3. The van der Waals surface area contributed by atoms with E-state index in [1.54, 1.807) is 0 Å². The molecule has 65 heavy (non-hydrogen) atoms. The van der Waals surface area contributed by atoms with Gasteiger partial charge in [-0.2, -0.15) is 0 Å². The number of hydrogen-bond acceptors (Lipinski definition) is 4. The Hall–Kier alpha value is -7.68. The van der Waals surface area contributed by atoms with E-state index < -0.39 is 15.0 Å². The molecule has 8 heteroatoms. The molecule has 7 nitrogen and oxygen atoms in total. The smallest absolute Gasteiger partial charge is 0.183 e. The zero-order valence-electron chi connectivity index (χ0n) is 40.1. The highest BCUT2D eigenvalue weighted by molar-refractivity contribution is 7.21. The number of fused-ring (bicyclic) bond motifs is 5. The van der Waals surface area contributed by atoms with Crippen LogP contribution in [0, 0.1) is 6.33 Å². The number of pyridine rings is 1. The number of ether oxygens (including phenoxy) is 1. The van der Waals surface area contributed by atoms with Crippen molar-refractivity contribution in [3.63, 3.8) is 0 Å². The first-order chi connectivity index (χ1) is 32.8. The predicted molar refractivity (Wildman–Crippen MR) is 269 cm³/mol. The van der Waals surface area contributed by atoms with Crippen molar-refractivity contribution >= 4 is 73.6 Å². The Morgan fingerprint density at radius 2 is 1.25 bits per heavy atom. The Labute approximate surface area is 385 Å². The van der Waals surface area contributed by atoms with Gasteiger partial charge < -0.3 is 23.7 Å². The molecule has 1 aliphatic rings. The Morgan fingerprint density at radius 3 is 1.91 bits per heavy atom. The summed E-state index contributed by atoms with van der Waals surface area (Å²) in [6.45, 7) is 4.07. The molecule has 0 amide bonds. The summed E-state index contributed by atoms with van der Waals surface area (Å²) < 4.78 is 38.8. The first-order valence-electron chi connectivity index (χ1n) is 23.5. The topological polar surface area (TPSA) is 42.3 Å². The summed E-state index contributed by atoms with van der Waals surface area (Å²) in [6, 6.07) is 65.6. The summed E-state index contributed by atoms with van der Waals surface area (Å²) in [5.41, 5.74) is 5.79.